The van der Waals surface area contributed by atoms with Crippen LogP contribution >= 0.6 is 0 Å². The molecule has 2 aliphatic rings. The Morgan fingerprint density at radius 1 is 1.13 bits per heavy atom. The van der Waals surface area contributed by atoms with E-state index in [-0.39, 0.29) is 11.6 Å². The van der Waals surface area contributed by atoms with E-state index < -0.39 is 27.7 Å². The van der Waals surface area contributed by atoms with Crippen molar-refractivity contribution in [2.24, 2.45) is 4.99 Å². The molecule has 196 valence electrons. The van der Waals surface area contributed by atoms with Crippen LogP contribution in [-0.4, -0.2) is 54.5 Å². The second kappa shape index (κ2) is 9.20. The van der Waals surface area contributed by atoms with Crippen molar-refractivity contribution in [3.05, 3.63) is 70.7 Å². The minimum Gasteiger partial charge on any atom is -0.321 e. The van der Waals surface area contributed by atoms with Gasteiger partial charge < -0.3 is 10.2 Å². The number of anilines is 3. The number of nitrogens with zero attached hydrogens (tertiary/aromatic N) is 5. The molecule has 5 rings (SSSR count). The van der Waals surface area contributed by atoms with Crippen molar-refractivity contribution in [3.63, 3.8) is 0 Å². The molecule has 0 saturated carbocycles. The van der Waals surface area contributed by atoms with Gasteiger partial charge in [0.15, 0.2) is 0 Å². The summed E-state index contributed by atoms with van der Waals surface area (Å²) in [5.41, 5.74) is 1.99. The van der Waals surface area contributed by atoms with E-state index >= 15 is 0 Å². The summed E-state index contributed by atoms with van der Waals surface area (Å²) >= 11 is 0. The number of amidine groups is 1. The number of carbonyl (C=O) groups is 1. The zero-order chi connectivity index (χ0) is 27.2. The first-order valence-corrected chi connectivity index (χ1v) is 13.1. The van der Waals surface area contributed by atoms with E-state index in [9.17, 15) is 26.4 Å². The molecular weight excluding hydrogens is 523 g/mol. The maximum Gasteiger partial charge on any atom is 0.416 e. The first-order chi connectivity index (χ1) is 17.9. The van der Waals surface area contributed by atoms with E-state index in [1.54, 1.807) is 18.2 Å². The van der Waals surface area contributed by atoms with Crippen LogP contribution in [-0.2, 0) is 16.2 Å². The van der Waals surface area contributed by atoms with Gasteiger partial charge in [0.25, 0.3) is 5.91 Å². The van der Waals surface area contributed by atoms with Crippen molar-refractivity contribution in [1.82, 2.24) is 15.0 Å². The molecule has 4 heterocycles. The second-order valence-electron chi connectivity index (χ2n) is 8.67. The number of amides is 1. The molecule has 0 atom stereocenters. The highest BCUT2D eigenvalue weighted by Crippen LogP contribution is 2.37. The van der Waals surface area contributed by atoms with Crippen molar-refractivity contribution in [2.45, 2.75) is 13.1 Å². The number of sulfonamides is 1. The summed E-state index contributed by atoms with van der Waals surface area (Å²) in [6, 6.07) is 6.62. The summed E-state index contributed by atoms with van der Waals surface area (Å²) in [5.74, 6) is 0.281. The molecule has 14 heteroatoms. The minimum absolute atomic E-state index is 0.0570. The van der Waals surface area contributed by atoms with Crippen molar-refractivity contribution >= 4 is 50.9 Å². The predicted octanol–water partition coefficient (Wildman–Crippen LogP) is 3.60. The van der Waals surface area contributed by atoms with Crippen LogP contribution in [0.25, 0.3) is 11.6 Å². The lowest BCUT2D eigenvalue weighted by molar-refractivity contribution is -0.137. The van der Waals surface area contributed by atoms with Gasteiger partial charge in [-0.2, -0.15) is 18.2 Å². The fourth-order valence-corrected chi connectivity index (χ4v) is 4.56. The standard InChI is InChI=1S/C24H20F3N7O3S/c1-13-3-4-16(31-22(35)19-10-15(5-6-28-19)24(25,26)27)11-17(13)18-9-14-12-30-23(33-38(2,36)37)32-20(14)34-8-7-29-21(18)34/h3-6,9-12H,7-8H2,1-2H3,(H,31,35)(H,30,32,33). The van der Waals surface area contributed by atoms with Crippen LogP contribution in [0.2, 0.25) is 0 Å². The van der Waals surface area contributed by atoms with Crippen LogP contribution in [0.3, 0.4) is 0 Å². The van der Waals surface area contributed by atoms with Crippen LogP contribution in [0, 0.1) is 6.92 Å². The lowest BCUT2D eigenvalue weighted by Gasteiger charge is -2.28. The molecule has 3 aromatic rings. The zero-order valence-electron chi connectivity index (χ0n) is 20.0. The average Bonchev–Trinajstić information content (AvgIpc) is 3.34. The molecular formula is C24H20F3N7O3S. The number of fused-ring (bicyclic) bond motifs is 3. The van der Waals surface area contributed by atoms with Crippen molar-refractivity contribution in [1.29, 1.82) is 0 Å². The van der Waals surface area contributed by atoms with Gasteiger partial charge in [0.2, 0.25) is 16.0 Å². The molecule has 0 saturated heterocycles. The van der Waals surface area contributed by atoms with Crippen LogP contribution < -0.4 is 14.9 Å². The Balaban J connectivity index is 1.48. The summed E-state index contributed by atoms with van der Waals surface area (Å²) < 4.78 is 64.6. The molecule has 1 amide bonds. The lowest BCUT2D eigenvalue weighted by atomic mass is 9.94. The van der Waals surface area contributed by atoms with Gasteiger partial charge in [0, 0.05) is 35.8 Å². The summed E-state index contributed by atoms with van der Waals surface area (Å²) in [7, 11) is -3.56. The second-order valence-corrected chi connectivity index (χ2v) is 10.4. The number of hydrogen-bond donors (Lipinski definition) is 2. The van der Waals surface area contributed by atoms with Crippen LogP contribution in [0.1, 0.15) is 32.7 Å². The van der Waals surface area contributed by atoms with Crippen molar-refractivity contribution in [3.8, 4) is 0 Å². The van der Waals surface area contributed by atoms with Gasteiger partial charge >= 0.3 is 6.18 Å². The number of nitrogens with one attached hydrogen (secondary N) is 2. The van der Waals surface area contributed by atoms with Crippen LogP contribution in [0.5, 0.6) is 0 Å². The highest BCUT2D eigenvalue weighted by atomic mass is 32.2. The summed E-state index contributed by atoms with van der Waals surface area (Å²) in [6.07, 6.45) is 0.675. The van der Waals surface area contributed by atoms with E-state index in [0.717, 1.165) is 35.2 Å². The Labute approximate surface area is 215 Å². The number of pyridine rings is 1. The number of alkyl halides is 3. The van der Waals surface area contributed by atoms with Gasteiger partial charge in [0.1, 0.15) is 17.3 Å². The Morgan fingerprint density at radius 3 is 2.66 bits per heavy atom. The first kappa shape index (κ1) is 25.3. The normalized spacial score (nSPS) is 14.8. The molecule has 2 aliphatic heterocycles. The third kappa shape index (κ3) is 5.07. The van der Waals surface area contributed by atoms with Crippen LogP contribution in [0.4, 0.5) is 30.6 Å². The SMILES string of the molecule is Cc1ccc(NC(=O)c2cc(C(F)(F)F)ccn2)cc1C1=Cc2cnc(NS(C)(=O)=O)nc2N2CCN=C12. The first-order valence-electron chi connectivity index (χ1n) is 11.2. The fourth-order valence-electron chi connectivity index (χ4n) is 4.13. The number of aliphatic imine (C=N–C) groups is 1. The van der Waals surface area contributed by atoms with Crippen molar-refractivity contribution < 1.29 is 26.4 Å². The minimum atomic E-state index is -4.60. The molecule has 2 aromatic heterocycles. The number of benzene rings is 1. The van der Waals surface area contributed by atoms with Gasteiger partial charge in [-0.3, -0.25) is 19.5 Å². The quantitative estimate of drug-likeness (QED) is 0.503. The van der Waals surface area contributed by atoms with E-state index in [0.29, 0.717) is 42.1 Å². The number of rotatable bonds is 5. The maximum atomic E-state index is 13.0. The van der Waals surface area contributed by atoms with Gasteiger partial charge in [-0.25, -0.2) is 13.4 Å². The van der Waals surface area contributed by atoms with E-state index in [1.807, 2.05) is 17.9 Å². The molecule has 0 spiro atoms. The van der Waals surface area contributed by atoms with Gasteiger partial charge in [-0.05, 0) is 48.4 Å². The molecule has 10 nitrogen and oxygen atoms in total. The molecule has 0 fully saturated rings. The summed E-state index contributed by atoms with van der Waals surface area (Å²) in [5, 5.41) is 2.61. The number of hydrogen-bond acceptors (Lipinski definition) is 8. The molecule has 1 aromatic carbocycles. The largest absolute Gasteiger partial charge is 0.416 e. The Kier molecular flexibility index (Phi) is 6.13. The van der Waals surface area contributed by atoms with Crippen molar-refractivity contribution in [2.75, 3.05) is 34.3 Å². The van der Waals surface area contributed by atoms with Crippen LogP contribution in [0.15, 0.2) is 47.7 Å². The predicted molar refractivity (Wildman–Crippen MR) is 136 cm³/mol. The number of aryl methyl sites for hydroxylation is 1. The fraction of sp³-hybridized carbons (Fsp3) is 0.208. The Morgan fingerprint density at radius 2 is 1.92 bits per heavy atom. The average molecular weight is 544 g/mol. The summed E-state index contributed by atoms with van der Waals surface area (Å²) in [4.78, 5) is 31.4. The van der Waals surface area contributed by atoms with E-state index in [1.165, 1.54) is 6.20 Å². The number of halogens is 3. The third-order valence-corrected chi connectivity index (χ3v) is 6.37. The van der Waals surface area contributed by atoms with Gasteiger partial charge in [0.05, 0.1) is 18.4 Å². The monoisotopic (exact) mass is 543 g/mol. The zero-order valence-corrected chi connectivity index (χ0v) is 20.9. The third-order valence-electron chi connectivity index (χ3n) is 5.82. The topological polar surface area (TPSA) is 130 Å². The molecule has 2 N–H and O–H groups in total. The van der Waals surface area contributed by atoms with E-state index in [2.05, 4.69) is 30.0 Å². The Bertz CT molecular complexity index is 1640. The smallest absolute Gasteiger partial charge is 0.321 e. The lowest BCUT2D eigenvalue weighted by Crippen LogP contribution is -2.32. The number of aromatic nitrogens is 3. The Hall–Kier alpha value is -4.33. The van der Waals surface area contributed by atoms with E-state index in [4.69, 9.17) is 0 Å². The molecule has 0 unspecified atom stereocenters. The molecule has 0 bridgehead atoms. The van der Waals surface area contributed by atoms with Gasteiger partial charge in [-0.15, -0.1) is 0 Å². The molecule has 0 radical (unpaired) electrons. The van der Waals surface area contributed by atoms with Gasteiger partial charge in [-0.1, -0.05) is 6.07 Å². The highest BCUT2D eigenvalue weighted by molar-refractivity contribution is 7.91. The number of carbonyl (C=O) groups excluding carboxylic acids is 1. The molecule has 38 heavy (non-hydrogen) atoms. The summed E-state index contributed by atoms with van der Waals surface area (Å²) in [6.45, 7) is 2.88. The highest BCUT2D eigenvalue weighted by Gasteiger charge is 2.32. The molecule has 0 aliphatic carbocycles. The maximum absolute atomic E-state index is 13.0.